The molecule has 0 saturated heterocycles. The summed E-state index contributed by atoms with van der Waals surface area (Å²) in [4.78, 5) is 32.4. The zero-order chi connectivity index (χ0) is 17.6. The number of anilines is 1. The van der Waals surface area contributed by atoms with Crippen molar-refractivity contribution in [3.05, 3.63) is 23.9 Å². The van der Waals surface area contributed by atoms with Crippen molar-refractivity contribution in [3.8, 4) is 0 Å². The second-order valence-electron chi connectivity index (χ2n) is 5.72. The van der Waals surface area contributed by atoms with E-state index in [1.807, 2.05) is 6.07 Å². The number of nitrogens with zero attached hydrogens (tertiary/aromatic N) is 3. The Kier molecular flexibility index (Phi) is 6.54. The van der Waals surface area contributed by atoms with Crippen molar-refractivity contribution in [3.63, 3.8) is 0 Å². The predicted octanol–water partition coefficient (Wildman–Crippen LogP) is 2.34. The molecule has 0 atom stereocenters. The van der Waals surface area contributed by atoms with Crippen LogP contribution in [0.2, 0.25) is 0 Å². The lowest BCUT2D eigenvalue weighted by molar-refractivity contribution is -0.153. The van der Waals surface area contributed by atoms with Crippen molar-refractivity contribution >= 4 is 17.7 Å². The average molecular weight is 321 g/mol. The Bertz CT molecular complexity index is 537. The van der Waals surface area contributed by atoms with Crippen LogP contribution in [0.15, 0.2) is 18.3 Å². The zero-order valence-electron chi connectivity index (χ0n) is 14.9. The summed E-state index contributed by atoms with van der Waals surface area (Å²) in [6.45, 7) is 11.2. The molecule has 1 aromatic heterocycles. The van der Waals surface area contributed by atoms with Gasteiger partial charge in [0.2, 0.25) is 0 Å². The number of pyridine rings is 1. The van der Waals surface area contributed by atoms with Gasteiger partial charge in [-0.15, -0.1) is 0 Å². The van der Waals surface area contributed by atoms with Gasteiger partial charge in [0.05, 0.1) is 12.2 Å². The molecule has 128 valence electrons. The molecular weight excluding hydrogens is 294 g/mol. The highest BCUT2D eigenvalue weighted by Gasteiger charge is 2.37. The molecular formula is C17H27N3O3. The summed E-state index contributed by atoms with van der Waals surface area (Å²) < 4.78 is 5.04. The van der Waals surface area contributed by atoms with E-state index in [0.29, 0.717) is 5.56 Å². The van der Waals surface area contributed by atoms with Gasteiger partial charge < -0.3 is 14.5 Å². The van der Waals surface area contributed by atoms with Crippen LogP contribution in [0.5, 0.6) is 0 Å². The van der Waals surface area contributed by atoms with Gasteiger partial charge in [-0.2, -0.15) is 0 Å². The third kappa shape index (κ3) is 4.21. The first kappa shape index (κ1) is 18.9. The van der Waals surface area contributed by atoms with Gasteiger partial charge in [0, 0.05) is 26.3 Å². The second-order valence-corrected chi connectivity index (χ2v) is 5.72. The summed E-state index contributed by atoms with van der Waals surface area (Å²) in [6, 6.07) is 3.56. The highest BCUT2D eigenvalue weighted by atomic mass is 16.5. The van der Waals surface area contributed by atoms with Gasteiger partial charge in [-0.3, -0.25) is 4.79 Å². The van der Waals surface area contributed by atoms with Crippen molar-refractivity contribution in [2.45, 2.75) is 40.2 Å². The summed E-state index contributed by atoms with van der Waals surface area (Å²) in [5, 5.41) is 0. The van der Waals surface area contributed by atoms with Gasteiger partial charge in [0.25, 0.3) is 5.91 Å². The van der Waals surface area contributed by atoms with E-state index in [0.717, 1.165) is 18.9 Å². The first-order valence-corrected chi connectivity index (χ1v) is 7.95. The third-order valence-electron chi connectivity index (χ3n) is 4.00. The number of aromatic nitrogens is 1. The Morgan fingerprint density at radius 2 is 1.78 bits per heavy atom. The molecule has 23 heavy (non-hydrogen) atoms. The molecule has 0 aromatic carbocycles. The smallest absolute Gasteiger partial charge is 0.331 e. The van der Waals surface area contributed by atoms with Gasteiger partial charge >= 0.3 is 5.97 Å². The number of esters is 1. The largest absolute Gasteiger partial charge is 0.464 e. The molecule has 0 saturated carbocycles. The Hall–Kier alpha value is -2.11. The lowest BCUT2D eigenvalue weighted by atomic mass is 10.0. The van der Waals surface area contributed by atoms with Crippen LogP contribution in [-0.4, -0.2) is 54.0 Å². The van der Waals surface area contributed by atoms with Crippen molar-refractivity contribution in [2.75, 3.05) is 31.6 Å². The van der Waals surface area contributed by atoms with E-state index in [4.69, 9.17) is 4.74 Å². The van der Waals surface area contributed by atoms with Crippen LogP contribution in [0.3, 0.4) is 0 Å². The fourth-order valence-electron chi connectivity index (χ4n) is 2.14. The number of ether oxygens (including phenoxy) is 1. The number of likely N-dealkylation sites (N-methyl/N-ethyl adjacent to an activating group) is 1. The molecule has 0 radical (unpaired) electrons. The maximum Gasteiger partial charge on any atom is 0.331 e. The van der Waals surface area contributed by atoms with Gasteiger partial charge in [-0.1, -0.05) is 0 Å². The van der Waals surface area contributed by atoms with Crippen LogP contribution in [0.25, 0.3) is 0 Å². The van der Waals surface area contributed by atoms with Crippen molar-refractivity contribution in [1.29, 1.82) is 0 Å². The second kappa shape index (κ2) is 7.94. The molecule has 0 N–H and O–H groups in total. The first-order valence-electron chi connectivity index (χ1n) is 7.95. The van der Waals surface area contributed by atoms with E-state index in [9.17, 15) is 9.59 Å². The molecule has 6 nitrogen and oxygen atoms in total. The number of rotatable bonds is 7. The maximum atomic E-state index is 12.6. The van der Waals surface area contributed by atoms with Crippen molar-refractivity contribution in [1.82, 2.24) is 9.88 Å². The molecule has 0 aliphatic rings. The predicted molar refractivity (Wildman–Crippen MR) is 90.6 cm³/mol. The molecule has 1 rings (SSSR count). The molecule has 1 heterocycles. The molecule has 0 unspecified atom stereocenters. The zero-order valence-corrected chi connectivity index (χ0v) is 14.9. The van der Waals surface area contributed by atoms with E-state index in [2.05, 4.69) is 23.7 Å². The summed E-state index contributed by atoms with van der Waals surface area (Å²) in [5.74, 6) is 0.143. The van der Waals surface area contributed by atoms with Crippen molar-refractivity contribution < 1.29 is 14.3 Å². The Balaban J connectivity index is 2.94. The molecule has 6 heteroatoms. The van der Waals surface area contributed by atoms with E-state index < -0.39 is 11.5 Å². The number of hydrogen-bond donors (Lipinski definition) is 0. The first-order chi connectivity index (χ1) is 10.8. The molecule has 0 aliphatic heterocycles. The van der Waals surface area contributed by atoms with Gasteiger partial charge in [-0.25, -0.2) is 9.78 Å². The van der Waals surface area contributed by atoms with E-state index in [1.54, 1.807) is 40.1 Å². The van der Waals surface area contributed by atoms with Gasteiger partial charge in [-0.05, 0) is 46.8 Å². The molecule has 1 amide bonds. The molecule has 0 bridgehead atoms. The van der Waals surface area contributed by atoms with Crippen LogP contribution in [0.1, 0.15) is 45.0 Å². The number of carbonyl (C=O) groups is 2. The summed E-state index contributed by atoms with van der Waals surface area (Å²) >= 11 is 0. The monoisotopic (exact) mass is 321 g/mol. The topological polar surface area (TPSA) is 62.7 Å². The average Bonchev–Trinajstić information content (AvgIpc) is 2.55. The standard InChI is InChI=1S/C17H27N3O3/c1-7-20(8-2)14-11-10-13(12-18-14)15(21)19(6)17(4,5)16(22)23-9-3/h10-12H,7-9H2,1-6H3. The van der Waals surface area contributed by atoms with Gasteiger partial charge in [0.15, 0.2) is 0 Å². The van der Waals surface area contributed by atoms with Crippen molar-refractivity contribution in [2.24, 2.45) is 0 Å². The maximum absolute atomic E-state index is 12.6. The Morgan fingerprint density at radius 3 is 2.22 bits per heavy atom. The third-order valence-corrected chi connectivity index (χ3v) is 4.00. The lowest BCUT2D eigenvalue weighted by Crippen LogP contribution is -2.51. The highest BCUT2D eigenvalue weighted by Crippen LogP contribution is 2.19. The Labute approximate surface area is 138 Å². The Morgan fingerprint density at radius 1 is 1.17 bits per heavy atom. The lowest BCUT2D eigenvalue weighted by Gasteiger charge is -2.33. The van der Waals surface area contributed by atoms with Gasteiger partial charge in [0.1, 0.15) is 11.4 Å². The van der Waals surface area contributed by atoms with Crippen LogP contribution < -0.4 is 4.90 Å². The fraction of sp³-hybridized carbons (Fsp3) is 0.588. The number of carbonyl (C=O) groups excluding carboxylic acids is 2. The highest BCUT2D eigenvalue weighted by molar-refractivity contribution is 5.97. The molecule has 0 spiro atoms. The van der Waals surface area contributed by atoms with E-state index >= 15 is 0 Å². The minimum Gasteiger partial charge on any atom is -0.464 e. The van der Waals surface area contributed by atoms with E-state index in [1.165, 1.54) is 4.90 Å². The summed E-state index contributed by atoms with van der Waals surface area (Å²) in [5.41, 5.74) is -0.592. The quantitative estimate of drug-likeness (QED) is 0.721. The minimum atomic E-state index is -1.04. The molecule has 1 aromatic rings. The summed E-state index contributed by atoms with van der Waals surface area (Å²) in [6.07, 6.45) is 1.55. The van der Waals surface area contributed by atoms with Crippen LogP contribution in [-0.2, 0) is 9.53 Å². The summed E-state index contributed by atoms with van der Waals surface area (Å²) in [7, 11) is 1.59. The number of amides is 1. The van der Waals surface area contributed by atoms with Crippen LogP contribution in [0, 0.1) is 0 Å². The number of hydrogen-bond acceptors (Lipinski definition) is 5. The fourth-order valence-corrected chi connectivity index (χ4v) is 2.14. The SMILES string of the molecule is CCOC(=O)C(C)(C)N(C)C(=O)c1ccc(N(CC)CC)nc1. The molecule has 0 aliphatic carbocycles. The normalized spacial score (nSPS) is 11.0. The van der Waals surface area contributed by atoms with Crippen LogP contribution >= 0.6 is 0 Å². The van der Waals surface area contributed by atoms with E-state index in [-0.39, 0.29) is 12.5 Å². The van der Waals surface area contributed by atoms with Crippen LogP contribution in [0.4, 0.5) is 5.82 Å². The molecule has 0 fully saturated rings. The minimum absolute atomic E-state index is 0.262.